The fourth-order valence-corrected chi connectivity index (χ4v) is 4.08. The quantitative estimate of drug-likeness (QED) is 0.729. The summed E-state index contributed by atoms with van der Waals surface area (Å²) < 4.78 is 13.9. The number of nitrogens with zero attached hydrogens (tertiary/aromatic N) is 4. The van der Waals surface area contributed by atoms with Gasteiger partial charge >= 0.3 is 0 Å². The lowest BCUT2D eigenvalue weighted by atomic mass is 9.87. The van der Waals surface area contributed by atoms with Crippen molar-refractivity contribution in [1.29, 1.82) is 5.26 Å². The van der Waals surface area contributed by atoms with Crippen LogP contribution in [0.5, 0.6) is 0 Å². The highest BCUT2D eigenvalue weighted by Crippen LogP contribution is 2.26. The van der Waals surface area contributed by atoms with E-state index in [4.69, 9.17) is 5.26 Å². The molecule has 0 saturated carbocycles. The molecular weight excluding hydrogens is 311 g/mol. The van der Waals surface area contributed by atoms with E-state index in [-0.39, 0.29) is 11.5 Å². The van der Waals surface area contributed by atoms with Crippen LogP contribution in [0.15, 0.2) is 11.6 Å². The predicted molar refractivity (Wildman–Crippen MR) is 92.0 cm³/mol. The van der Waals surface area contributed by atoms with Crippen molar-refractivity contribution in [3.05, 3.63) is 16.6 Å². The Labute approximate surface area is 142 Å². The van der Waals surface area contributed by atoms with Crippen LogP contribution in [0.3, 0.4) is 0 Å². The smallest absolute Gasteiger partial charge is 0.114 e. The molecule has 0 amide bonds. The summed E-state index contributed by atoms with van der Waals surface area (Å²) in [6.45, 7) is 7.43. The molecule has 1 aromatic heterocycles. The lowest BCUT2D eigenvalue weighted by Gasteiger charge is -2.33. The van der Waals surface area contributed by atoms with E-state index in [2.05, 4.69) is 41.7 Å². The number of rotatable bonds is 8. The third-order valence-corrected chi connectivity index (χ3v) is 5.20. The molecule has 0 bridgehead atoms. The lowest BCUT2D eigenvalue weighted by molar-refractivity contribution is 0.144. The molecule has 128 valence electrons. The molecule has 0 unspecified atom stereocenters. The number of hydrogen-bond donors (Lipinski definition) is 0. The van der Waals surface area contributed by atoms with Gasteiger partial charge in [0.2, 0.25) is 0 Å². The van der Waals surface area contributed by atoms with E-state index < -0.39 is 6.17 Å². The standard InChI is InChI=1S/C17H27FN4S/c1-17(2,5-4-6-19)13-21(3)11-15-9-14(18)10-22(15)12-16-20-7-8-23-16/h7-8,14-15H,4-5,9-13H2,1-3H3/t14-,15-/m0/s1. The fourth-order valence-electron chi connectivity index (χ4n) is 3.44. The maximum absolute atomic E-state index is 13.9. The number of aromatic nitrogens is 1. The van der Waals surface area contributed by atoms with E-state index in [1.54, 1.807) is 11.3 Å². The second-order valence-corrected chi connectivity index (χ2v) is 8.34. The Hall–Kier alpha value is -1.03. The normalized spacial score (nSPS) is 22.6. The minimum Gasteiger partial charge on any atom is -0.304 e. The Morgan fingerprint density at radius 3 is 3.00 bits per heavy atom. The molecular formula is C17H27FN4S. The summed E-state index contributed by atoms with van der Waals surface area (Å²) >= 11 is 1.63. The first kappa shape index (κ1) is 18.3. The molecule has 1 aromatic rings. The Kier molecular flexibility index (Phi) is 6.51. The highest BCUT2D eigenvalue weighted by molar-refractivity contribution is 7.09. The number of alkyl halides is 1. The molecule has 2 heterocycles. The van der Waals surface area contributed by atoms with Crippen LogP contribution in [0.1, 0.15) is 38.1 Å². The van der Waals surface area contributed by atoms with Crippen LogP contribution in [0.4, 0.5) is 4.39 Å². The molecule has 0 aliphatic carbocycles. The zero-order valence-electron chi connectivity index (χ0n) is 14.3. The minimum atomic E-state index is -0.736. The fraction of sp³-hybridized carbons (Fsp3) is 0.765. The van der Waals surface area contributed by atoms with Gasteiger partial charge in [-0.05, 0) is 25.3 Å². The van der Waals surface area contributed by atoms with Crippen molar-refractivity contribution < 1.29 is 4.39 Å². The van der Waals surface area contributed by atoms with Crippen LogP contribution in [0.2, 0.25) is 0 Å². The summed E-state index contributed by atoms with van der Waals surface area (Å²) in [5, 5.41) is 11.8. The van der Waals surface area contributed by atoms with Crippen LogP contribution in [0, 0.1) is 16.7 Å². The Bertz CT molecular complexity index is 511. The first-order valence-electron chi connectivity index (χ1n) is 8.21. The van der Waals surface area contributed by atoms with Gasteiger partial charge < -0.3 is 4.90 Å². The van der Waals surface area contributed by atoms with Gasteiger partial charge in [-0.3, -0.25) is 4.90 Å². The van der Waals surface area contributed by atoms with E-state index in [0.717, 1.165) is 31.1 Å². The van der Waals surface area contributed by atoms with Crippen LogP contribution >= 0.6 is 11.3 Å². The van der Waals surface area contributed by atoms with Crippen molar-refractivity contribution >= 4 is 11.3 Å². The van der Waals surface area contributed by atoms with Gasteiger partial charge in [0.15, 0.2) is 0 Å². The Morgan fingerprint density at radius 2 is 2.35 bits per heavy atom. The lowest BCUT2D eigenvalue weighted by Crippen LogP contribution is -2.41. The van der Waals surface area contributed by atoms with Crippen LogP contribution in [0.25, 0.3) is 0 Å². The average Bonchev–Trinajstić information content (AvgIpc) is 3.07. The maximum atomic E-state index is 13.9. The van der Waals surface area contributed by atoms with E-state index in [9.17, 15) is 4.39 Å². The summed E-state index contributed by atoms with van der Waals surface area (Å²) in [5.41, 5.74) is 0.109. The Morgan fingerprint density at radius 1 is 1.57 bits per heavy atom. The molecule has 0 radical (unpaired) electrons. The monoisotopic (exact) mass is 338 g/mol. The zero-order valence-corrected chi connectivity index (χ0v) is 15.2. The van der Waals surface area contributed by atoms with Crippen molar-refractivity contribution in [1.82, 2.24) is 14.8 Å². The predicted octanol–water partition coefficient (Wildman–Crippen LogP) is 3.32. The molecule has 1 aliphatic heterocycles. The summed E-state index contributed by atoms with van der Waals surface area (Å²) in [7, 11) is 2.10. The number of thiazole rings is 1. The van der Waals surface area contributed by atoms with Gasteiger partial charge in [-0.15, -0.1) is 11.3 Å². The minimum absolute atomic E-state index is 0.109. The molecule has 0 spiro atoms. The van der Waals surface area contributed by atoms with Gasteiger partial charge in [-0.25, -0.2) is 9.37 Å². The van der Waals surface area contributed by atoms with Crippen molar-refractivity contribution in [2.75, 3.05) is 26.7 Å². The van der Waals surface area contributed by atoms with Gasteiger partial charge in [-0.2, -0.15) is 5.26 Å². The molecule has 1 fully saturated rings. The first-order chi connectivity index (χ1) is 10.9. The maximum Gasteiger partial charge on any atom is 0.114 e. The second kappa shape index (κ2) is 8.18. The topological polar surface area (TPSA) is 43.2 Å². The van der Waals surface area contributed by atoms with Gasteiger partial charge in [0.1, 0.15) is 11.2 Å². The summed E-state index contributed by atoms with van der Waals surface area (Å²) in [4.78, 5) is 8.83. The third kappa shape index (κ3) is 5.83. The second-order valence-electron chi connectivity index (χ2n) is 7.36. The average molecular weight is 338 g/mol. The van der Waals surface area contributed by atoms with E-state index in [1.807, 2.05) is 11.6 Å². The van der Waals surface area contributed by atoms with E-state index >= 15 is 0 Å². The number of likely N-dealkylation sites (tertiary alicyclic amines) is 1. The molecule has 0 N–H and O–H groups in total. The molecule has 1 aliphatic rings. The first-order valence-corrected chi connectivity index (χ1v) is 9.09. The molecule has 23 heavy (non-hydrogen) atoms. The molecule has 0 aromatic carbocycles. The van der Waals surface area contributed by atoms with Crippen molar-refractivity contribution in [2.24, 2.45) is 5.41 Å². The van der Waals surface area contributed by atoms with Gasteiger partial charge in [0.25, 0.3) is 0 Å². The van der Waals surface area contributed by atoms with Crippen LogP contribution in [-0.2, 0) is 6.54 Å². The third-order valence-electron chi connectivity index (χ3n) is 4.43. The molecule has 4 nitrogen and oxygen atoms in total. The Balaban J connectivity index is 1.87. The number of halogens is 1. The van der Waals surface area contributed by atoms with Gasteiger partial charge in [0.05, 0.1) is 12.6 Å². The SMILES string of the molecule is CN(C[C@@H]1C[C@H](F)CN1Cc1nccs1)CC(C)(C)CCC#N. The highest BCUT2D eigenvalue weighted by atomic mass is 32.1. The summed E-state index contributed by atoms with van der Waals surface area (Å²) in [6.07, 6.45) is 3.16. The molecule has 2 rings (SSSR count). The van der Waals surface area contributed by atoms with E-state index in [0.29, 0.717) is 19.4 Å². The highest BCUT2D eigenvalue weighted by Gasteiger charge is 2.33. The van der Waals surface area contributed by atoms with Crippen LogP contribution in [-0.4, -0.2) is 53.7 Å². The van der Waals surface area contributed by atoms with Crippen molar-refractivity contribution in [3.8, 4) is 6.07 Å². The van der Waals surface area contributed by atoms with Crippen LogP contribution < -0.4 is 0 Å². The number of likely N-dealkylation sites (N-methyl/N-ethyl adjacent to an activating group) is 1. The van der Waals surface area contributed by atoms with Crippen molar-refractivity contribution in [3.63, 3.8) is 0 Å². The number of hydrogen-bond acceptors (Lipinski definition) is 5. The summed E-state index contributed by atoms with van der Waals surface area (Å²) in [6, 6.07) is 2.47. The molecule has 6 heteroatoms. The van der Waals surface area contributed by atoms with Crippen molar-refractivity contribution in [2.45, 2.75) is 51.9 Å². The van der Waals surface area contributed by atoms with E-state index in [1.165, 1.54) is 0 Å². The molecule has 2 atom stereocenters. The largest absolute Gasteiger partial charge is 0.304 e. The summed E-state index contributed by atoms with van der Waals surface area (Å²) in [5.74, 6) is 0. The zero-order chi connectivity index (χ0) is 16.9. The molecule has 1 saturated heterocycles. The van der Waals surface area contributed by atoms with Gasteiger partial charge in [0, 0.05) is 43.7 Å². The van der Waals surface area contributed by atoms with Gasteiger partial charge in [-0.1, -0.05) is 13.8 Å². The number of nitriles is 1.